The van der Waals surface area contributed by atoms with Crippen LogP contribution in [0.15, 0.2) is 24.3 Å². The monoisotopic (exact) mass is 189 g/mol. The van der Waals surface area contributed by atoms with Gasteiger partial charge < -0.3 is 11.1 Å². The van der Waals surface area contributed by atoms with Gasteiger partial charge in [0.05, 0.1) is 0 Å². The SMILES string of the molecule is N=C(N)NCC1Cc2ccccc2C1. The maximum atomic E-state index is 7.09. The predicted octanol–water partition coefficient (Wildman–Crippen LogP) is 0.884. The molecule has 1 aromatic rings. The van der Waals surface area contributed by atoms with E-state index in [1.807, 2.05) is 0 Å². The summed E-state index contributed by atoms with van der Waals surface area (Å²) in [6.07, 6.45) is 2.22. The van der Waals surface area contributed by atoms with Gasteiger partial charge in [-0.05, 0) is 29.9 Å². The largest absolute Gasteiger partial charge is 0.370 e. The number of nitrogens with two attached hydrogens (primary N) is 1. The number of nitrogens with one attached hydrogen (secondary N) is 2. The number of fused-ring (bicyclic) bond motifs is 1. The smallest absolute Gasteiger partial charge is 0.185 e. The molecule has 0 aromatic heterocycles. The Balaban J connectivity index is 1.95. The van der Waals surface area contributed by atoms with Crippen LogP contribution in [0.5, 0.6) is 0 Å². The highest BCUT2D eigenvalue weighted by Gasteiger charge is 2.20. The lowest BCUT2D eigenvalue weighted by Gasteiger charge is -2.09. The topological polar surface area (TPSA) is 61.9 Å². The van der Waals surface area contributed by atoms with Crippen LogP contribution >= 0.6 is 0 Å². The summed E-state index contributed by atoms with van der Waals surface area (Å²) in [6, 6.07) is 8.53. The van der Waals surface area contributed by atoms with Gasteiger partial charge in [0.2, 0.25) is 0 Å². The summed E-state index contributed by atoms with van der Waals surface area (Å²) in [5.41, 5.74) is 8.14. The van der Waals surface area contributed by atoms with Crippen LogP contribution < -0.4 is 11.1 Å². The Morgan fingerprint density at radius 3 is 2.43 bits per heavy atom. The van der Waals surface area contributed by atoms with Crippen molar-refractivity contribution in [3.63, 3.8) is 0 Å². The zero-order chi connectivity index (χ0) is 9.97. The lowest BCUT2D eigenvalue weighted by Crippen LogP contribution is -2.34. The fourth-order valence-corrected chi connectivity index (χ4v) is 2.05. The van der Waals surface area contributed by atoms with Crippen LogP contribution in [0.25, 0.3) is 0 Å². The highest BCUT2D eigenvalue weighted by Crippen LogP contribution is 2.25. The van der Waals surface area contributed by atoms with E-state index in [0.717, 1.165) is 19.4 Å². The average Bonchev–Trinajstić information content (AvgIpc) is 2.57. The third kappa shape index (κ3) is 1.87. The van der Waals surface area contributed by atoms with Gasteiger partial charge in [-0.3, -0.25) is 5.41 Å². The van der Waals surface area contributed by atoms with E-state index in [4.69, 9.17) is 11.1 Å². The molecule has 74 valence electrons. The third-order valence-electron chi connectivity index (χ3n) is 2.72. The fourth-order valence-electron chi connectivity index (χ4n) is 2.05. The zero-order valence-corrected chi connectivity index (χ0v) is 8.09. The molecule has 1 aliphatic rings. The Bertz CT molecular complexity index is 321. The number of rotatable bonds is 2. The van der Waals surface area contributed by atoms with Gasteiger partial charge in [0.25, 0.3) is 0 Å². The molecular weight excluding hydrogens is 174 g/mol. The van der Waals surface area contributed by atoms with Crippen LogP contribution in [-0.2, 0) is 12.8 Å². The van der Waals surface area contributed by atoms with Gasteiger partial charge in [-0.15, -0.1) is 0 Å². The Kier molecular flexibility index (Phi) is 2.39. The van der Waals surface area contributed by atoms with Crippen molar-refractivity contribution in [1.82, 2.24) is 5.32 Å². The number of guanidine groups is 1. The molecule has 0 unspecified atom stereocenters. The summed E-state index contributed by atoms with van der Waals surface area (Å²) in [5, 5.41) is 9.97. The summed E-state index contributed by atoms with van der Waals surface area (Å²) >= 11 is 0. The van der Waals surface area contributed by atoms with Crippen LogP contribution in [0.3, 0.4) is 0 Å². The van der Waals surface area contributed by atoms with Gasteiger partial charge in [0.15, 0.2) is 5.96 Å². The normalized spacial score (nSPS) is 15.1. The molecule has 0 aliphatic heterocycles. The van der Waals surface area contributed by atoms with Gasteiger partial charge >= 0.3 is 0 Å². The first-order valence-electron chi connectivity index (χ1n) is 4.90. The van der Waals surface area contributed by atoms with Crippen molar-refractivity contribution in [3.05, 3.63) is 35.4 Å². The van der Waals surface area contributed by atoms with Crippen molar-refractivity contribution in [2.45, 2.75) is 12.8 Å². The van der Waals surface area contributed by atoms with Crippen LogP contribution in [0.4, 0.5) is 0 Å². The Morgan fingerprint density at radius 2 is 1.93 bits per heavy atom. The molecule has 0 amide bonds. The molecule has 3 nitrogen and oxygen atoms in total. The summed E-state index contributed by atoms with van der Waals surface area (Å²) in [6.45, 7) is 0.810. The highest BCUT2D eigenvalue weighted by atomic mass is 15.0. The lowest BCUT2D eigenvalue weighted by molar-refractivity contribution is 0.545. The first-order valence-corrected chi connectivity index (χ1v) is 4.90. The molecule has 0 fully saturated rings. The second kappa shape index (κ2) is 3.70. The van der Waals surface area contributed by atoms with Crippen molar-refractivity contribution >= 4 is 5.96 Å². The van der Waals surface area contributed by atoms with Crippen LogP contribution in [0.2, 0.25) is 0 Å². The van der Waals surface area contributed by atoms with Gasteiger partial charge in [-0.25, -0.2) is 0 Å². The quantitative estimate of drug-likeness (QED) is 0.478. The molecule has 0 saturated carbocycles. The van der Waals surface area contributed by atoms with Gasteiger partial charge in [0.1, 0.15) is 0 Å². The second-order valence-corrected chi connectivity index (χ2v) is 3.84. The average molecular weight is 189 g/mol. The van der Waals surface area contributed by atoms with Crippen LogP contribution in [0, 0.1) is 11.3 Å². The highest BCUT2D eigenvalue weighted by molar-refractivity contribution is 5.74. The molecular formula is C11H15N3. The Hall–Kier alpha value is -1.51. The number of benzene rings is 1. The molecule has 0 spiro atoms. The van der Waals surface area contributed by atoms with Gasteiger partial charge in [-0.2, -0.15) is 0 Å². The first kappa shape index (κ1) is 9.06. The molecule has 0 radical (unpaired) electrons. The van der Waals surface area contributed by atoms with Crippen LogP contribution in [-0.4, -0.2) is 12.5 Å². The van der Waals surface area contributed by atoms with E-state index >= 15 is 0 Å². The zero-order valence-electron chi connectivity index (χ0n) is 8.09. The predicted molar refractivity (Wildman–Crippen MR) is 57.3 cm³/mol. The minimum absolute atomic E-state index is 0.0703. The summed E-state index contributed by atoms with van der Waals surface area (Å²) in [5.74, 6) is 0.664. The van der Waals surface area contributed by atoms with Crippen molar-refractivity contribution in [3.8, 4) is 0 Å². The maximum absolute atomic E-state index is 7.09. The van der Waals surface area contributed by atoms with E-state index in [-0.39, 0.29) is 5.96 Å². The molecule has 3 heteroatoms. The molecule has 1 aliphatic carbocycles. The second-order valence-electron chi connectivity index (χ2n) is 3.84. The van der Waals surface area contributed by atoms with Crippen molar-refractivity contribution in [2.24, 2.45) is 11.7 Å². The van der Waals surface area contributed by atoms with E-state index in [9.17, 15) is 0 Å². The molecule has 4 N–H and O–H groups in total. The fraction of sp³-hybridized carbons (Fsp3) is 0.364. The first-order chi connectivity index (χ1) is 6.75. The minimum Gasteiger partial charge on any atom is -0.370 e. The lowest BCUT2D eigenvalue weighted by atomic mass is 10.1. The van der Waals surface area contributed by atoms with Crippen LogP contribution in [0.1, 0.15) is 11.1 Å². The van der Waals surface area contributed by atoms with Crippen molar-refractivity contribution in [1.29, 1.82) is 5.41 Å². The van der Waals surface area contributed by atoms with E-state index in [0.29, 0.717) is 5.92 Å². The number of hydrogen-bond donors (Lipinski definition) is 3. The molecule has 1 aromatic carbocycles. The Labute approximate surface area is 83.8 Å². The van der Waals surface area contributed by atoms with Gasteiger partial charge in [-0.1, -0.05) is 24.3 Å². The van der Waals surface area contributed by atoms with E-state index in [1.165, 1.54) is 11.1 Å². The number of hydrogen-bond acceptors (Lipinski definition) is 1. The van der Waals surface area contributed by atoms with E-state index < -0.39 is 0 Å². The van der Waals surface area contributed by atoms with E-state index in [2.05, 4.69) is 29.6 Å². The van der Waals surface area contributed by atoms with Crippen molar-refractivity contribution < 1.29 is 0 Å². The molecule has 0 atom stereocenters. The molecule has 0 heterocycles. The van der Waals surface area contributed by atoms with E-state index in [1.54, 1.807) is 0 Å². The molecule has 0 bridgehead atoms. The van der Waals surface area contributed by atoms with Crippen molar-refractivity contribution in [2.75, 3.05) is 6.54 Å². The third-order valence-corrected chi connectivity index (χ3v) is 2.72. The molecule has 14 heavy (non-hydrogen) atoms. The summed E-state index contributed by atoms with van der Waals surface area (Å²) in [7, 11) is 0. The standard InChI is InChI=1S/C11H15N3/c12-11(13)14-7-8-5-9-3-1-2-4-10(9)6-8/h1-4,8H,5-7H2,(H4,12,13,14). The Morgan fingerprint density at radius 1 is 1.36 bits per heavy atom. The summed E-state index contributed by atoms with van der Waals surface area (Å²) < 4.78 is 0. The molecule has 2 rings (SSSR count). The molecule has 0 saturated heterocycles. The maximum Gasteiger partial charge on any atom is 0.185 e. The minimum atomic E-state index is 0.0703. The van der Waals surface area contributed by atoms with Gasteiger partial charge in [0, 0.05) is 6.54 Å². The summed E-state index contributed by atoms with van der Waals surface area (Å²) in [4.78, 5) is 0.